The average Bonchev–Trinajstić information content (AvgIpc) is 2.90. The fraction of sp³-hybridized carbons (Fsp3) is 0.200. The number of nitrogens with zero attached hydrogens (tertiary/aromatic N) is 2. The monoisotopic (exact) mass is 351 g/mol. The van der Waals surface area contributed by atoms with Crippen LogP contribution in [0.5, 0.6) is 11.5 Å². The molecule has 6 heteroatoms. The lowest BCUT2D eigenvalue weighted by Crippen LogP contribution is -2.28. The van der Waals surface area contributed by atoms with Gasteiger partial charge in [0.2, 0.25) is 5.62 Å². The highest BCUT2D eigenvalue weighted by Crippen LogP contribution is 2.18. The van der Waals surface area contributed by atoms with Crippen molar-refractivity contribution in [3.8, 4) is 11.5 Å². The summed E-state index contributed by atoms with van der Waals surface area (Å²) < 4.78 is 14.2. The Balaban J connectivity index is 1.82. The van der Waals surface area contributed by atoms with E-state index in [1.165, 1.54) is 0 Å². The Hall–Kier alpha value is -3.28. The van der Waals surface area contributed by atoms with Gasteiger partial charge in [-0.05, 0) is 43.3 Å². The molecule has 0 radical (unpaired) electrons. The second kappa shape index (κ2) is 7.74. The molecule has 0 atom stereocenters. The maximum Gasteiger partial charge on any atom is 0.331 e. The highest BCUT2D eigenvalue weighted by atomic mass is 16.5. The minimum atomic E-state index is -0.436. The fourth-order valence-electron chi connectivity index (χ4n) is 2.83. The molecule has 134 valence electrons. The number of carbonyl (C=O) groups excluding carboxylic acids is 1. The van der Waals surface area contributed by atoms with E-state index in [4.69, 9.17) is 14.9 Å². The van der Waals surface area contributed by atoms with Crippen molar-refractivity contribution in [2.45, 2.75) is 20.0 Å². The van der Waals surface area contributed by atoms with E-state index in [1.54, 1.807) is 39.5 Å². The largest absolute Gasteiger partial charge is 0.494 e. The second-order valence-electron chi connectivity index (χ2n) is 5.68. The highest BCUT2D eigenvalue weighted by Gasteiger charge is 2.14. The summed E-state index contributed by atoms with van der Waals surface area (Å²) in [5, 5.41) is 8.38. The van der Waals surface area contributed by atoms with Gasteiger partial charge >= 0.3 is 5.97 Å². The maximum atomic E-state index is 12.4. The number of imidazole rings is 1. The first-order valence-corrected chi connectivity index (χ1v) is 8.41. The van der Waals surface area contributed by atoms with Gasteiger partial charge in [0.25, 0.3) is 0 Å². The minimum Gasteiger partial charge on any atom is -0.494 e. The molecule has 1 aromatic heterocycles. The summed E-state index contributed by atoms with van der Waals surface area (Å²) in [5.41, 5.74) is 1.92. The molecule has 0 aliphatic heterocycles. The molecule has 0 amide bonds. The fourth-order valence-corrected chi connectivity index (χ4v) is 2.83. The summed E-state index contributed by atoms with van der Waals surface area (Å²) in [5.74, 6) is 0.734. The molecular weight excluding hydrogens is 330 g/mol. The number of hydrogen-bond donors (Lipinski definition) is 1. The molecule has 3 aromatic rings. The number of ether oxygens (including phenoxy) is 2. The third-order valence-electron chi connectivity index (χ3n) is 3.94. The molecule has 0 spiro atoms. The van der Waals surface area contributed by atoms with Crippen LogP contribution in [0.3, 0.4) is 0 Å². The third kappa shape index (κ3) is 3.54. The van der Waals surface area contributed by atoms with Gasteiger partial charge in [-0.2, -0.15) is 0 Å². The van der Waals surface area contributed by atoms with Crippen molar-refractivity contribution in [3.63, 3.8) is 0 Å². The topological polar surface area (TPSA) is 69.2 Å². The maximum absolute atomic E-state index is 12.4. The van der Waals surface area contributed by atoms with Gasteiger partial charge < -0.3 is 14.0 Å². The zero-order chi connectivity index (χ0) is 18.5. The van der Waals surface area contributed by atoms with E-state index in [0.29, 0.717) is 18.9 Å². The molecule has 1 heterocycles. The zero-order valence-corrected chi connectivity index (χ0v) is 14.6. The number of carbonyl (C=O) groups is 1. The predicted molar refractivity (Wildman–Crippen MR) is 99.2 cm³/mol. The number of fused-ring (bicyclic) bond motifs is 1. The summed E-state index contributed by atoms with van der Waals surface area (Å²) in [7, 11) is 0. The summed E-state index contributed by atoms with van der Waals surface area (Å²) >= 11 is 0. The summed E-state index contributed by atoms with van der Waals surface area (Å²) in [6.07, 6.45) is 1.73. The summed E-state index contributed by atoms with van der Waals surface area (Å²) in [6.45, 7) is 6.68. The summed E-state index contributed by atoms with van der Waals surface area (Å²) in [4.78, 5) is 12.4. The van der Waals surface area contributed by atoms with Gasteiger partial charge in [0.05, 0.1) is 17.6 Å². The SMILES string of the molecule is C=CCn1c(=N)n(CC(=O)Oc2ccc(OCC)cc2)c2ccccc21. The molecule has 0 fully saturated rings. The average molecular weight is 351 g/mol. The Kier molecular flexibility index (Phi) is 5.22. The number of hydrogen-bond acceptors (Lipinski definition) is 4. The van der Waals surface area contributed by atoms with Crippen LogP contribution in [0.2, 0.25) is 0 Å². The van der Waals surface area contributed by atoms with Crippen LogP contribution in [-0.2, 0) is 17.9 Å². The number of aromatic nitrogens is 2. The Morgan fingerprint density at radius 1 is 1.08 bits per heavy atom. The number of rotatable bonds is 7. The van der Waals surface area contributed by atoms with Crippen molar-refractivity contribution in [3.05, 3.63) is 66.8 Å². The first-order valence-electron chi connectivity index (χ1n) is 8.41. The molecule has 0 bridgehead atoms. The van der Waals surface area contributed by atoms with Gasteiger partial charge in [-0.3, -0.25) is 9.98 Å². The standard InChI is InChI=1S/C20H21N3O3/c1-3-13-22-17-7-5-6-8-18(17)23(20(22)21)14-19(24)26-16-11-9-15(10-12-16)25-4-2/h3,5-12,21H,1,4,13-14H2,2H3. The Labute approximate surface area is 151 Å². The predicted octanol–water partition coefficient (Wildman–Crippen LogP) is 3.11. The number of para-hydroxylation sites is 2. The highest BCUT2D eigenvalue weighted by molar-refractivity contribution is 5.79. The quantitative estimate of drug-likeness (QED) is 0.404. The van der Waals surface area contributed by atoms with E-state index >= 15 is 0 Å². The van der Waals surface area contributed by atoms with Crippen LogP contribution in [0.15, 0.2) is 61.2 Å². The lowest BCUT2D eigenvalue weighted by Gasteiger charge is -2.07. The van der Waals surface area contributed by atoms with Crippen molar-refractivity contribution in [2.75, 3.05) is 6.61 Å². The molecule has 1 N–H and O–H groups in total. The number of nitrogens with one attached hydrogen (secondary N) is 1. The van der Waals surface area contributed by atoms with E-state index < -0.39 is 5.97 Å². The van der Waals surface area contributed by atoms with E-state index in [1.807, 2.05) is 31.2 Å². The van der Waals surface area contributed by atoms with Crippen LogP contribution in [0.1, 0.15) is 6.92 Å². The first-order chi connectivity index (χ1) is 12.6. The molecule has 3 rings (SSSR count). The van der Waals surface area contributed by atoms with Crippen molar-refractivity contribution in [1.29, 1.82) is 5.41 Å². The van der Waals surface area contributed by atoms with Crippen LogP contribution in [-0.4, -0.2) is 21.7 Å². The van der Waals surface area contributed by atoms with Gasteiger partial charge in [-0.25, -0.2) is 4.79 Å². The first kappa shape index (κ1) is 17.5. The number of benzene rings is 2. The molecule has 26 heavy (non-hydrogen) atoms. The molecule has 0 saturated carbocycles. The Morgan fingerprint density at radius 3 is 2.31 bits per heavy atom. The van der Waals surface area contributed by atoms with Gasteiger partial charge in [0.1, 0.15) is 18.0 Å². The van der Waals surface area contributed by atoms with Crippen LogP contribution >= 0.6 is 0 Å². The normalized spacial score (nSPS) is 10.7. The third-order valence-corrected chi connectivity index (χ3v) is 3.94. The number of allylic oxidation sites excluding steroid dienone is 1. The van der Waals surface area contributed by atoms with Crippen LogP contribution < -0.4 is 15.1 Å². The van der Waals surface area contributed by atoms with Crippen molar-refractivity contribution in [1.82, 2.24) is 9.13 Å². The molecule has 0 aliphatic rings. The van der Waals surface area contributed by atoms with Crippen molar-refractivity contribution < 1.29 is 14.3 Å². The van der Waals surface area contributed by atoms with Crippen LogP contribution in [0, 0.1) is 5.41 Å². The van der Waals surface area contributed by atoms with E-state index in [2.05, 4.69) is 6.58 Å². The van der Waals surface area contributed by atoms with Crippen LogP contribution in [0.25, 0.3) is 11.0 Å². The lowest BCUT2D eigenvalue weighted by atomic mass is 10.3. The number of esters is 1. The smallest absolute Gasteiger partial charge is 0.331 e. The zero-order valence-electron chi connectivity index (χ0n) is 14.6. The molecule has 0 unspecified atom stereocenters. The molecular formula is C20H21N3O3. The van der Waals surface area contributed by atoms with E-state index in [0.717, 1.165) is 16.8 Å². The van der Waals surface area contributed by atoms with Gasteiger partial charge in [0.15, 0.2) is 0 Å². The molecule has 0 aliphatic carbocycles. The Bertz CT molecular complexity index is 984. The van der Waals surface area contributed by atoms with Gasteiger partial charge in [0, 0.05) is 6.54 Å². The van der Waals surface area contributed by atoms with Gasteiger partial charge in [-0.1, -0.05) is 18.2 Å². The van der Waals surface area contributed by atoms with Gasteiger partial charge in [-0.15, -0.1) is 6.58 Å². The van der Waals surface area contributed by atoms with Crippen molar-refractivity contribution >= 4 is 17.0 Å². The lowest BCUT2D eigenvalue weighted by molar-refractivity contribution is -0.135. The van der Waals surface area contributed by atoms with Crippen molar-refractivity contribution in [2.24, 2.45) is 0 Å². The molecule has 0 saturated heterocycles. The van der Waals surface area contributed by atoms with Crippen LogP contribution in [0.4, 0.5) is 0 Å². The molecule has 6 nitrogen and oxygen atoms in total. The van der Waals surface area contributed by atoms with E-state index in [9.17, 15) is 4.79 Å². The summed E-state index contributed by atoms with van der Waals surface area (Å²) in [6, 6.07) is 14.5. The molecule has 2 aromatic carbocycles. The minimum absolute atomic E-state index is 0.0449. The Morgan fingerprint density at radius 2 is 1.69 bits per heavy atom. The second-order valence-corrected chi connectivity index (χ2v) is 5.68. The van der Waals surface area contributed by atoms with E-state index in [-0.39, 0.29) is 12.2 Å².